The van der Waals surface area contributed by atoms with Crippen LogP contribution in [0.25, 0.3) is 0 Å². The summed E-state index contributed by atoms with van der Waals surface area (Å²) in [4.78, 5) is 26.4. The first kappa shape index (κ1) is 14.8. The molecule has 0 radical (unpaired) electrons. The maximum Gasteiger partial charge on any atom is 0.323 e. The molecule has 0 saturated heterocycles. The molecule has 1 fully saturated rings. The smallest absolute Gasteiger partial charge is 0.323 e. The molecule has 5 nitrogen and oxygen atoms in total. The summed E-state index contributed by atoms with van der Waals surface area (Å²) in [6.07, 6.45) is 3.14. The van der Waals surface area contributed by atoms with Crippen LogP contribution in [0.15, 0.2) is 0 Å². The Morgan fingerprint density at radius 2 is 1.94 bits per heavy atom. The van der Waals surface area contributed by atoms with Gasteiger partial charge in [-0.05, 0) is 39.0 Å². The highest BCUT2D eigenvalue weighted by molar-refractivity contribution is 5.80. The number of carbonyl (C=O) groups is 2. The second kappa shape index (κ2) is 6.61. The molecule has 5 heteroatoms. The van der Waals surface area contributed by atoms with E-state index < -0.39 is 5.97 Å². The Balaban J connectivity index is 2.66. The average molecular weight is 256 g/mol. The molecule has 0 aromatic carbocycles. The van der Waals surface area contributed by atoms with E-state index in [2.05, 4.69) is 0 Å². The van der Waals surface area contributed by atoms with Gasteiger partial charge < -0.3 is 14.9 Å². The van der Waals surface area contributed by atoms with E-state index in [1.54, 1.807) is 4.90 Å². The van der Waals surface area contributed by atoms with Crippen molar-refractivity contribution in [3.63, 3.8) is 0 Å². The Bertz CT molecular complexity index is 301. The van der Waals surface area contributed by atoms with Crippen molar-refractivity contribution >= 4 is 12.0 Å². The molecule has 18 heavy (non-hydrogen) atoms. The van der Waals surface area contributed by atoms with Gasteiger partial charge in [-0.15, -0.1) is 0 Å². The van der Waals surface area contributed by atoms with E-state index in [0.717, 1.165) is 13.0 Å². The van der Waals surface area contributed by atoms with Gasteiger partial charge >= 0.3 is 12.0 Å². The average Bonchev–Trinajstić information content (AvgIpc) is 3.07. The van der Waals surface area contributed by atoms with Gasteiger partial charge in [0.25, 0.3) is 0 Å². The zero-order valence-corrected chi connectivity index (χ0v) is 11.6. The van der Waals surface area contributed by atoms with Crippen molar-refractivity contribution in [1.82, 2.24) is 9.80 Å². The third-order valence-electron chi connectivity index (χ3n) is 3.11. The topological polar surface area (TPSA) is 60.9 Å². The molecule has 1 saturated carbocycles. The lowest BCUT2D eigenvalue weighted by Crippen LogP contribution is -2.49. The lowest BCUT2D eigenvalue weighted by Gasteiger charge is -2.32. The van der Waals surface area contributed by atoms with Gasteiger partial charge in [0.1, 0.15) is 6.54 Å². The van der Waals surface area contributed by atoms with Gasteiger partial charge in [-0.3, -0.25) is 4.79 Å². The highest BCUT2D eigenvalue weighted by atomic mass is 16.4. The minimum Gasteiger partial charge on any atom is -0.480 e. The quantitative estimate of drug-likeness (QED) is 0.758. The molecular weight excluding hydrogens is 232 g/mol. The summed E-state index contributed by atoms with van der Waals surface area (Å²) in [5.41, 5.74) is 0. The fourth-order valence-corrected chi connectivity index (χ4v) is 1.95. The molecule has 1 aliphatic carbocycles. The summed E-state index contributed by atoms with van der Waals surface area (Å²) in [6, 6.07) is -0.0209. The molecular formula is C13H24N2O3. The van der Waals surface area contributed by atoms with E-state index >= 15 is 0 Å². The molecule has 0 heterocycles. The molecule has 2 amide bonds. The number of carboxylic acid groups (broad SMARTS) is 1. The first-order valence-electron chi connectivity index (χ1n) is 6.73. The fraction of sp³-hybridized carbons (Fsp3) is 0.846. The van der Waals surface area contributed by atoms with Crippen LogP contribution in [0.5, 0.6) is 0 Å². The number of aliphatic carboxylic acids is 1. The maximum absolute atomic E-state index is 12.4. The van der Waals surface area contributed by atoms with Crippen LogP contribution in [0.4, 0.5) is 4.79 Å². The Morgan fingerprint density at radius 1 is 1.33 bits per heavy atom. The minimum absolute atomic E-state index is 0.117. The van der Waals surface area contributed by atoms with Crippen LogP contribution in [-0.2, 0) is 4.79 Å². The minimum atomic E-state index is -0.952. The van der Waals surface area contributed by atoms with Crippen LogP contribution < -0.4 is 0 Å². The van der Waals surface area contributed by atoms with Gasteiger partial charge in [0.05, 0.1) is 0 Å². The number of hydrogen-bond donors (Lipinski definition) is 1. The van der Waals surface area contributed by atoms with Gasteiger partial charge in [-0.25, -0.2) is 4.79 Å². The molecule has 0 atom stereocenters. The van der Waals surface area contributed by atoms with E-state index in [4.69, 9.17) is 5.11 Å². The Hall–Kier alpha value is -1.26. The SMILES string of the molecule is CCCN(CC(=O)O)C(=O)N(CC1CC1)C(C)C. The zero-order valence-electron chi connectivity index (χ0n) is 11.6. The Morgan fingerprint density at radius 3 is 2.33 bits per heavy atom. The number of rotatable bonds is 7. The Labute approximate surface area is 109 Å². The summed E-state index contributed by atoms with van der Waals surface area (Å²) in [5.74, 6) is -0.336. The summed E-state index contributed by atoms with van der Waals surface area (Å²) in [7, 11) is 0. The van der Waals surface area contributed by atoms with Crippen molar-refractivity contribution in [2.75, 3.05) is 19.6 Å². The number of carboxylic acids is 1. The van der Waals surface area contributed by atoms with Gasteiger partial charge in [0.2, 0.25) is 0 Å². The molecule has 0 bridgehead atoms. The van der Waals surface area contributed by atoms with E-state index in [1.807, 2.05) is 20.8 Å². The third-order valence-corrected chi connectivity index (χ3v) is 3.11. The van der Waals surface area contributed by atoms with E-state index in [9.17, 15) is 9.59 Å². The number of carbonyl (C=O) groups excluding carboxylic acids is 1. The van der Waals surface area contributed by atoms with Crippen LogP contribution in [0.1, 0.15) is 40.0 Å². The monoisotopic (exact) mass is 256 g/mol. The molecule has 0 aromatic rings. The highest BCUT2D eigenvalue weighted by Gasteiger charge is 2.30. The standard InChI is InChI=1S/C13H24N2O3/c1-4-7-14(9-12(16)17)13(18)15(10(2)3)8-11-5-6-11/h10-11H,4-9H2,1-3H3,(H,16,17). The van der Waals surface area contributed by atoms with E-state index in [-0.39, 0.29) is 18.6 Å². The van der Waals surface area contributed by atoms with E-state index in [1.165, 1.54) is 17.7 Å². The number of hydrogen-bond acceptors (Lipinski definition) is 2. The normalized spacial score (nSPS) is 14.7. The molecule has 0 aliphatic heterocycles. The molecule has 1 N–H and O–H groups in total. The van der Waals surface area contributed by atoms with Crippen molar-refractivity contribution in [3.05, 3.63) is 0 Å². The van der Waals surface area contributed by atoms with Gasteiger partial charge in [0, 0.05) is 19.1 Å². The first-order valence-corrected chi connectivity index (χ1v) is 6.73. The van der Waals surface area contributed by atoms with Crippen LogP contribution in [-0.4, -0.2) is 52.6 Å². The maximum atomic E-state index is 12.4. The molecule has 0 aromatic heterocycles. The lowest BCUT2D eigenvalue weighted by molar-refractivity contribution is -0.137. The van der Waals surface area contributed by atoms with Crippen LogP contribution >= 0.6 is 0 Å². The second-order valence-electron chi connectivity index (χ2n) is 5.29. The van der Waals surface area contributed by atoms with Crippen LogP contribution in [0.2, 0.25) is 0 Å². The fourth-order valence-electron chi connectivity index (χ4n) is 1.95. The molecule has 1 rings (SSSR count). The predicted molar refractivity (Wildman–Crippen MR) is 69.5 cm³/mol. The van der Waals surface area contributed by atoms with Gasteiger partial charge in [0.15, 0.2) is 0 Å². The van der Waals surface area contributed by atoms with Crippen molar-refractivity contribution in [2.24, 2.45) is 5.92 Å². The van der Waals surface area contributed by atoms with Crippen molar-refractivity contribution in [3.8, 4) is 0 Å². The van der Waals surface area contributed by atoms with Crippen molar-refractivity contribution < 1.29 is 14.7 Å². The summed E-state index contributed by atoms with van der Waals surface area (Å²) < 4.78 is 0. The molecule has 0 spiro atoms. The summed E-state index contributed by atoms with van der Waals surface area (Å²) in [6.45, 7) is 6.95. The number of urea groups is 1. The summed E-state index contributed by atoms with van der Waals surface area (Å²) >= 11 is 0. The Kier molecular flexibility index (Phi) is 5.44. The molecule has 104 valence electrons. The van der Waals surface area contributed by atoms with Gasteiger partial charge in [-0.1, -0.05) is 6.92 Å². The van der Waals surface area contributed by atoms with Gasteiger partial charge in [-0.2, -0.15) is 0 Å². The lowest BCUT2D eigenvalue weighted by atomic mass is 10.3. The molecule has 0 unspecified atom stereocenters. The zero-order chi connectivity index (χ0) is 13.7. The largest absolute Gasteiger partial charge is 0.480 e. The number of amides is 2. The first-order chi connectivity index (χ1) is 8.45. The summed E-state index contributed by atoms with van der Waals surface area (Å²) in [5, 5.41) is 8.86. The third kappa shape index (κ3) is 4.55. The second-order valence-corrected chi connectivity index (χ2v) is 5.29. The highest BCUT2D eigenvalue weighted by Crippen LogP contribution is 2.30. The van der Waals surface area contributed by atoms with Crippen molar-refractivity contribution in [1.29, 1.82) is 0 Å². The van der Waals surface area contributed by atoms with E-state index in [0.29, 0.717) is 12.5 Å². The molecule has 1 aliphatic rings. The van der Waals surface area contributed by atoms with Crippen molar-refractivity contribution in [2.45, 2.75) is 46.1 Å². The van der Waals surface area contributed by atoms with Crippen LogP contribution in [0, 0.1) is 5.92 Å². The number of nitrogens with zero attached hydrogens (tertiary/aromatic N) is 2. The van der Waals surface area contributed by atoms with Crippen LogP contribution in [0.3, 0.4) is 0 Å². The predicted octanol–water partition coefficient (Wildman–Crippen LogP) is 2.02.